The molecule has 2 N–H and O–H groups in total. The molecule has 0 radical (unpaired) electrons. The van der Waals surface area contributed by atoms with E-state index in [2.05, 4.69) is 43.0 Å². The van der Waals surface area contributed by atoms with Gasteiger partial charge in [-0.3, -0.25) is 0 Å². The predicted octanol–water partition coefficient (Wildman–Crippen LogP) is 3.98. The quantitative estimate of drug-likeness (QED) is 0.891. The number of nitrogens with zero attached hydrogens (tertiary/aromatic N) is 1. The molecule has 0 saturated heterocycles. The Hall–Kier alpha value is -1.02. The van der Waals surface area contributed by atoms with Crippen molar-refractivity contribution in [3.8, 4) is 0 Å². The van der Waals surface area contributed by atoms with Gasteiger partial charge in [0.05, 0.1) is 5.54 Å². The molecule has 1 aliphatic heterocycles. The predicted molar refractivity (Wildman–Crippen MR) is 90.7 cm³/mol. The highest BCUT2D eigenvalue weighted by atomic mass is 15.2. The molecule has 2 aliphatic rings. The molecule has 2 heteroatoms. The van der Waals surface area contributed by atoms with E-state index in [1.54, 1.807) is 0 Å². The van der Waals surface area contributed by atoms with Crippen molar-refractivity contribution < 1.29 is 0 Å². The molecular formula is C19H30N2. The standard InChI is InChI=1S/C19H30N2/c1-15-10-11-16(2)19(13-15,14-20)21-12-6-5-8-17-7-3-4-9-18(17)21/h3-4,7,9,15-16H,5-6,8,10-14,20H2,1-2H3. The highest BCUT2D eigenvalue weighted by Crippen LogP contribution is 2.44. The number of fused-ring (bicyclic) bond motifs is 1. The summed E-state index contributed by atoms with van der Waals surface area (Å²) in [4.78, 5) is 2.70. The van der Waals surface area contributed by atoms with Crippen LogP contribution in [-0.4, -0.2) is 18.6 Å². The van der Waals surface area contributed by atoms with Gasteiger partial charge in [0, 0.05) is 18.8 Å². The zero-order valence-corrected chi connectivity index (χ0v) is 13.6. The van der Waals surface area contributed by atoms with Gasteiger partial charge < -0.3 is 10.6 Å². The molecule has 0 bridgehead atoms. The van der Waals surface area contributed by atoms with E-state index < -0.39 is 0 Å². The Kier molecular flexibility index (Phi) is 4.26. The second-order valence-corrected chi connectivity index (χ2v) is 7.33. The molecule has 3 unspecified atom stereocenters. The monoisotopic (exact) mass is 286 g/mol. The van der Waals surface area contributed by atoms with Gasteiger partial charge in [-0.15, -0.1) is 0 Å². The maximum Gasteiger partial charge on any atom is 0.0552 e. The van der Waals surface area contributed by atoms with Crippen molar-refractivity contribution in [2.45, 2.75) is 57.9 Å². The first-order valence-corrected chi connectivity index (χ1v) is 8.73. The average molecular weight is 286 g/mol. The first kappa shape index (κ1) is 14.9. The Balaban J connectivity index is 2.03. The molecule has 1 aliphatic carbocycles. The van der Waals surface area contributed by atoms with Gasteiger partial charge in [0.1, 0.15) is 0 Å². The normalized spacial score (nSPS) is 33.4. The van der Waals surface area contributed by atoms with Gasteiger partial charge in [0.25, 0.3) is 0 Å². The summed E-state index contributed by atoms with van der Waals surface area (Å²) < 4.78 is 0. The van der Waals surface area contributed by atoms with Crippen LogP contribution < -0.4 is 10.6 Å². The molecule has 0 amide bonds. The molecule has 21 heavy (non-hydrogen) atoms. The number of hydrogen-bond donors (Lipinski definition) is 1. The summed E-state index contributed by atoms with van der Waals surface area (Å²) in [6, 6.07) is 9.02. The molecule has 0 aromatic heterocycles. The van der Waals surface area contributed by atoms with Gasteiger partial charge in [0.15, 0.2) is 0 Å². The topological polar surface area (TPSA) is 29.3 Å². The highest BCUT2D eigenvalue weighted by molar-refractivity contribution is 5.57. The van der Waals surface area contributed by atoms with Gasteiger partial charge in [-0.2, -0.15) is 0 Å². The van der Waals surface area contributed by atoms with E-state index in [-0.39, 0.29) is 5.54 Å². The molecule has 0 spiro atoms. The lowest BCUT2D eigenvalue weighted by atomic mass is 9.68. The summed E-state index contributed by atoms with van der Waals surface area (Å²) in [6.45, 7) is 6.78. The summed E-state index contributed by atoms with van der Waals surface area (Å²) in [5, 5.41) is 0. The molecule has 2 nitrogen and oxygen atoms in total. The van der Waals surface area contributed by atoms with Crippen LogP contribution in [0.4, 0.5) is 5.69 Å². The van der Waals surface area contributed by atoms with Crippen LogP contribution in [0.1, 0.15) is 51.5 Å². The van der Waals surface area contributed by atoms with E-state index in [0.717, 1.165) is 12.5 Å². The number of nitrogens with two attached hydrogens (primary N) is 1. The van der Waals surface area contributed by atoms with Crippen LogP contribution in [-0.2, 0) is 6.42 Å². The fourth-order valence-corrected chi connectivity index (χ4v) is 4.63. The van der Waals surface area contributed by atoms with E-state index in [4.69, 9.17) is 5.73 Å². The third-order valence-electron chi connectivity index (χ3n) is 5.96. The van der Waals surface area contributed by atoms with Crippen LogP contribution in [0.3, 0.4) is 0 Å². The summed E-state index contributed by atoms with van der Waals surface area (Å²) in [6.07, 6.45) is 7.74. The Morgan fingerprint density at radius 1 is 1.19 bits per heavy atom. The Labute approximate surface area is 129 Å². The second kappa shape index (κ2) is 6.00. The van der Waals surface area contributed by atoms with Crippen LogP contribution in [0.5, 0.6) is 0 Å². The van der Waals surface area contributed by atoms with Crippen LogP contribution >= 0.6 is 0 Å². The minimum atomic E-state index is 0.165. The van der Waals surface area contributed by atoms with E-state index in [1.165, 1.54) is 56.3 Å². The van der Waals surface area contributed by atoms with Crippen LogP contribution in [0, 0.1) is 11.8 Å². The van der Waals surface area contributed by atoms with Crippen molar-refractivity contribution in [1.29, 1.82) is 0 Å². The third kappa shape index (κ3) is 2.59. The molecule has 3 atom stereocenters. The number of benzene rings is 1. The van der Waals surface area contributed by atoms with Gasteiger partial charge in [0.2, 0.25) is 0 Å². The smallest absolute Gasteiger partial charge is 0.0552 e. The van der Waals surface area contributed by atoms with Crippen molar-refractivity contribution in [2.24, 2.45) is 17.6 Å². The van der Waals surface area contributed by atoms with Crippen molar-refractivity contribution in [3.05, 3.63) is 29.8 Å². The van der Waals surface area contributed by atoms with Gasteiger partial charge >= 0.3 is 0 Å². The van der Waals surface area contributed by atoms with Gasteiger partial charge in [-0.1, -0.05) is 38.5 Å². The van der Waals surface area contributed by atoms with Crippen molar-refractivity contribution in [3.63, 3.8) is 0 Å². The zero-order chi connectivity index (χ0) is 14.9. The minimum absolute atomic E-state index is 0.165. The van der Waals surface area contributed by atoms with Crippen LogP contribution in [0.25, 0.3) is 0 Å². The van der Waals surface area contributed by atoms with Crippen LogP contribution in [0.2, 0.25) is 0 Å². The Bertz CT molecular complexity index is 484. The zero-order valence-electron chi connectivity index (χ0n) is 13.6. The lowest BCUT2D eigenvalue weighted by Gasteiger charge is -2.53. The molecule has 1 aromatic carbocycles. The summed E-state index contributed by atoms with van der Waals surface area (Å²) in [7, 11) is 0. The minimum Gasteiger partial charge on any atom is -0.364 e. The summed E-state index contributed by atoms with van der Waals surface area (Å²) >= 11 is 0. The number of hydrogen-bond acceptors (Lipinski definition) is 2. The third-order valence-corrected chi connectivity index (χ3v) is 5.96. The number of aryl methyl sites for hydroxylation is 1. The summed E-state index contributed by atoms with van der Waals surface area (Å²) in [5.74, 6) is 1.48. The van der Waals surface area contributed by atoms with E-state index in [0.29, 0.717) is 5.92 Å². The number of rotatable bonds is 2. The SMILES string of the molecule is CC1CCC(C)C(CN)(N2CCCCc3ccccc32)C1. The fraction of sp³-hybridized carbons (Fsp3) is 0.684. The lowest BCUT2D eigenvalue weighted by Crippen LogP contribution is -2.61. The first-order chi connectivity index (χ1) is 10.2. The fourth-order valence-electron chi connectivity index (χ4n) is 4.63. The molecule has 1 saturated carbocycles. The largest absolute Gasteiger partial charge is 0.364 e. The molecule has 1 fully saturated rings. The number of anilines is 1. The van der Waals surface area contributed by atoms with Gasteiger partial charge in [-0.25, -0.2) is 0 Å². The van der Waals surface area contributed by atoms with E-state index in [9.17, 15) is 0 Å². The highest BCUT2D eigenvalue weighted by Gasteiger charge is 2.44. The Morgan fingerprint density at radius 2 is 2.00 bits per heavy atom. The first-order valence-electron chi connectivity index (χ1n) is 8.73. The maximum atomic E-state index is 6.39. The Morgan fingerprint density at radius 3 is 2.81 bits per heavy atom. The van der Waals surface area contributed by atoms with E-state index in [1.807, 2.05) is 0 Å². The lowest BCUT2D eigenvalue weighted by molar-refractivity contribution is 0.156. The van der Waals surface area contributed by atoms with Gasteiger partial charge in [-0.05, 0) is 55.6 Å². The molecular weight excluding hydrogens is 256 g/mol. The van der Waals surface area contributed by atoms with Crippen LogP contribution in [0.15, 0.2) is 24.3 Å². The number of para-hydroxylation sites is 1. The second-order valence-electron chi connectivity index (χ2n) is 7.33. The molecule has 3 rings (SSSR count). The molecule has 1 heterocycles. The average Bonchev–Trinajstić information content (AvgIpc) is 2.72. The van der Waals surface area contributed by atoms with E-state index >= 15 is 0 Å². The van der Waals surface area contributed by atoms with Crippen molar-refractivity contribution in [2.75, 3.05) is 18.0 Å². The van der Waals surface area contributed by atoms with Crippen molar-refractivity contribution >= 4 is 5.69 Å². The molecule has 116 valence electrons. The summed E-state index contributed by atoms with van der Waals surface area (Å²) in [5.41, 5.74) is 9.53. The molecule has 1 aromatic rings. The maximum absolute atomic E-state index is 6.39. The van der Waals surface area contributed by atoms with Crippen molar-refractivity contribution in [1.82, 2.24) is 0 Å².